The standard InChI is InChI=1S/C11H12ClN3OS/c12-9-3-1-8(2-4-9)11-14-10(16-15-11)7-17-6-5-13/h1-4H,5-7,13H2. The van der Waals surface area contributed by atoms with E-state index in [0.29, 0.717) is 29.0 Å². The molecule has 0 radical (unpaired) electrons. The smallest absolute Gasteiger partial charge is 0.236 e. The van der Waals surface area contributed by atoms with E-state index in [-0.39, 0.29) is 0 Å². The van der Waals surface area contributed by atoms with Gasteiger partial charge in [-0.2, -0.15) is 16.7 Å². The molecular formula is C11H12ClN3OS. The molecule has 0 aliphatic heterocycles. The molecule has 2 rings (SSSR count). The zero-order valence-corrected chi connectivity index (χ0v) is 10.7. The first-order valence-corrected chi connectivity index (χ1v) is 6.69. The molecule has 0 atom stereocenters. The van der Waals surface area contributed by atoms with Crippen LogP contribution in [0.2, 0.25) is 5.02 Å². The summed E-state index contributed by atoms with van der Waals surface area (Å²) in [7, 11) is 0. The molecule has 0 aliphatic rings. The van der Waals surface area contributed by atoms with Gasteiger partial charge in [0.25, 0.3) is 0 Å². The first kappa shape index (κ1) is 12.4. The Morgan fingerprint density at radius 3 is 2.76 bits per heavy atom. The molecule has 0 bridgehead atoms. The number of benzene rings is 1. The van der Waals surface area contributed by atoms with Crippen LogP contribution in [-0.2, 0) is 5.75 Å². The Morgan fingerprint density at radius 1 is 1.29 bits per heavy atom. The molecule has 4 nitrogen and oxygen atoms in total. The number of nitrogens with zero attached hydrogens (tertiary/aromatic N) is 2. The summed E-state index contributed by atoms with van der Waals surface area (Å²) < 4.78 is 5.14. The Kier molecular flexibility index (Phi) is 4.42. The first-order valence-electron chi connectivity index (χ1n) is 5.16. The summed E-state index contributed by atoms with van der Waals surface area (Å²) in [6.45, 7) is 0.656. The SMILES string of the molecule is NCCSCc1nc(-c2ccc(Cl)cc2)no1. The summed E-state index contributed by atoms with van der Waals surface area (Å²) in [4.78, 5) is 4.30. The lowest BCUT2D eigenvalue weighted by Crippen LogP contribution is -2.01. The molecule has 1 aromatic heterocycles. The summed E-state index contributed by atoms with van der Waals surface area (Å²) in [5, 5.41) is 4.61. The maximum Gasteiger partial charge on any atom is 0.236 e. The minimum atomic E-state index is 0.588. The van der Waals surface area contributed by atoms with Gasteiger partial charge in [-0.3, -0.25) is 0 Å². The van der Waals surface area contributed by atoms with E-state index in [2.05, 4.69) is 10.1 Å². The van der Waals surface area contributed by atoms with Gasteiger partial charge in [0.1, 0.15) is 0 Å². The third kappa shape index (κ3) is 3.46. The van der Waals surface area contributed by atoms with Crippen molar-refractivity contribution in [2.24, 2.45) is 5.73 Å². The highest BCUT2D eigenvalue weighted by molar-refractivity contribution is 7.98. The second-order valence-electron chi connectivity index (χ2n) is 3.36. The summed E-state index contributed by atoms with van der Waals surface area (Å²) in [5.74, 6) is 2.79. The van der Waals surface area contributed by atoms with Gasteiger partial charge in [0.15, 0.2) is 0 Å². The van der Waals surface area contributed by atoms with Gasteiger partial charge >= 0.3 is 0 Å². The largest absolute Gasteiger partial charge is 0.338 e. The van der Waals surface area contributed by atoms with Gasteiger partial charge in [0, 0.05) is 22.9 Å². The van der Waals surface area contributed by atoms with Crippen LogP contribution in [0.5, 0.6) is 0 Å². The minimum absolute atomic E-state index is 0.588. The Labute approximate surface area is 109 Å². The number of aromatic nitrogens is 2. The lowest BCUT2D eigenvalue weighted by atomic mass is 10.2. The van der Waals surface area contributed by atoms with Crippen LogP contribution in [0.4, 0.5) is 0 Å². The number of rotatable bonds is 5. The lowest BCUT2D eigenvalue weighted by Gasteiger charge is -1.93. The zero-order valence-electron chi connectivity index (χ0n) is 9.10. The average molecular weight is 270 g/mol. The summed E-state index contributed by atoms with van der Waals surface area (Å²) >= 11 is 7.48. The van der Waals surface area contributed by atoms with E-state index in [4.69, 9.17) is 21.9 Å². The number of thioether (sulfide) groups is 1. The highest BCUT2D eigenvalue weighted by Gasteiger charge is 2.08. The number of halogens is 1. The van der Waals surface area contributed by atoms with Crippen molar-refractivity contribution in [3.8, 4) is 11.4 Å². The fourth-order valence-electron chi connectivity index (χ4n) is 1.27. The first-order chi connectivity index (χ1) is 8.29. The molecule has 2 aromatic rings. The highest BCUT2D eigenvalue weighted by Crippen LogP contribution is 2.19. The molecule has 0 saturated heterocycles. The molecule has 0 aliphatic carbocycles. The molecule has 90 valence electrons. The number of hydrogen-bond acceptors (Lipinski definition) is 5. The van der Waals surface area contributed by atoms with Gasteiger partial charge in [-0.1, -0.05) is 16.8 Å². The zero-order chi connectivity index (χ0) is 12.1. The average Bonchev–Trinajstić information content (AvgIpc) is 2.79. The molecule has 0 spiro atoms. The van der Waals surface area contributed by atoms with Crippen molar-refractivity contribution in [1.82, 2.24) is 10.1 Å². The molecule has 0 saturated carbocycles. The van der Waals surface area contributed by atoms with Gasteiger partial charge in [-0.25, -0.2) is 0 Å². The van der Waals surface area contributed by atoms with Crippen LogP contribution in [0.25, 0.3) is 11.4 Å². The maximum absolute atomic E-state index is 5.81. The summed E-state index contributed by atoms with van der Waals surface area (Å²) in [5.41, 5.74) is 6.30. The maximum atomic E-state index is 5.81. The molecular weight excluding hydrogens is 258 g/mol. The number of nitrogens with two attached hydrogens (primary N) is 1. The quantitative estimate of drug-likeness (QED) is 0.845. The minimum Gasteiger partial charge on any atom is -0.338 e. The van der Waals surface area contributed by atoms with Crippen LogP contribution >= 0.6 is 23.4 Å². The van der Waals surface area contributed by atoms with E-state index in [1.54, 1.807) is 23.9 Å². The topological polar surface area (TPSA) is 64.9 Å². The normalized spacial score (nSPS) is 10.7. The van der Waals surface area contributed by atoms with Gasteiger partial charge in [-0.05, 0) is 24.3 Å². The van der Waals surface area contributed by atoms with E-state index >= 15 is 0 Å². The predicted molar refractivity (Wildman–Crippen MR) is 70.0 cm³/mol. The Balaban J connectivity index is 2.04. The van der Waals surface area contributed by atoms with Crippen LogP contribution in [0.1, 0.15) is 5.89 Å². The van der Waals surface area contributed by atoms with Gasteiger partial charge in [-0.15, -0.1) is 0 Å². The third-order valence-electron chi connectivity index (χ3n) is 2.06. The molecule has 0 unspecified atom stereocenters. The third-order valence-corrected chi connectivity index (χ3v) is 3.29. The van der Waals surface area contributed by atoms with Crippen molar-refractivity contribution in [2.75, 3.05) is 12.3 Å². The monoisotopic (exact) mass is 269 g/mol. The second-order valence-corrected chi connectivity index (χ2v) is 4.90. The van der Waals surface area contributed by atoms with E-state index in [0.717, 1.165) is 11.3 Å². The van der Waals surface area contributed by atoms with Crippen molar-refractivity contribution in [3.63, 3.8) is 0 Å². The molecule has 1 aromatic carbocycles. The molecule has 0 amide bonds. The fourth-order valence-corrected chi connectivity index (χ4v) is 2.00. The predicted octanol–water partition coefficient (Wildman–Crippen LogP) is 2.58. The van der Waals surface area contributed by atoms with Crippen molar-refractivity contribution in [1.29, 1.82) is 0 Å². The van der Waals surface area contributed by atoms with Crippen LogP contribution in [-0.4, -0.2) is 22.4 Å². The van der Waals surface area contributed by atoms with Crippen molar-refractivity contribution in [3.05, 3.63) is 35.2 Å². The van der Waals surface area contributed by atoms with Crippen LogP contribution < -0.4 is 5.73 Å². The van der Waals surface area contributed by atoms with E-state index < -0.39 is 0 Å². The Bertz CT molecular complexity index is 472. The fraction of sp³-hybridized carbons (Fsp3) is 0.273. The Hall–Kier alpha value is -1.04. The highest BCUT2D eigenvalue weighted by atomic mass is 35.5. The number of hydrogen-bond donors (Lipinski definition) is 1. The lowest BCUT2D eigenvalue weighted by molar-refractivity contribution is 0.391. The molecule has 1 heterocycles. The van der Waals surface area contributed by atoms with Gasteiger partial charge in [0.2, 0.25) is 11.7 Å². The Morgan fingerprint density at radius 2 is 2.06 bits per heavy atom. The molecule has 0 fully saturated rings. The van der Waals surface area contributed by atoms with Gasteiger partial charge < -0.3 is 10.3 Å². The van der Waals surface area contributed by atoms with Crippen LogP contribution in [0.15, 0.2) is 28.8 Å². The van der Waals surface area contributed by atoms with E-state index in [1.807, 2.05) is 12.1 Å². The summed E-state index contributed by atoms with van der Waals surface area (Å²) in [6.07, 6.45) is 0. The molecule has 6 heteroatoms. The van der Waals surface area contributed by atoms with Crippen molar-refractivity contribution >= 4 is 23.4 Å². The van der Waals surface area contributed by atoms with Gasteiger partial charge in [0.05, 0.1) is 5.75 Å². The molecule has 2 N–H and O–H groups in total. The van der Waals surface area contributed by atoms with Crippen LogP contribution in [0, 0.1) is 0 Å². The van der Waals surface area contributed by atoms with E-state index in [1.165, 1.54) is 0 Å². The van der Waals surface area contributed by atoms with E-state index in [9.17, 15) is 0 Å². The van der Waals surface area contributed by atoms with Crippen molar-refractivity contribution in [2.45, 2.75) is 5.75 Å². The van der Waals surface area contributed by atoms with Crippen molar-refractivity contribution < 1.29 is 4.52 Å². The van der Waals surface area contributed by atoms with Crippen LogP contribution in [0.3, 0.4) is 0 Å². The molecule has 17 heavy (non-hydrogen) atoms. The second kappa shape index (κ2) is 6.05. The summed E-state index contributed by atoms with van der Waals surface area (Å²) in [6, 6.07) is 7.33.